The highest BCUT2D eigenvalue weighted by Gasteiger charge is 2.10. The molecular formula is C14H17N3O3. The predicted molar refractivity (Wildman–Crippen MR) is 74.3 cm³/mol. The zero-order valence-corrected chi connectivity index (χ0v) is 11.2. The van der Waals surface area contributed by atoms with E-state index in [0.29, 0.717) is 12.4 Å². The van der Waals surface area contributed by atoms with E-state index in [9.17, 15) is 4.79 Å². The molecule has 0 radical (unpaired) electrons. The number of ether oxygens (including phenoxy) is 1. The van der Waals surface area contributed by atoms with Crippen molar-refractivity contribution in [3.8, 4) is 0 Å². The zero-order chi connectivity index (χ0) is 14.4. The molecule has 6 heteroatoms. The fourth-order valence-electron chi connectivity index (χ4n) is 1.72. The number of anilines is 1. The Kier molecular flexibility index (Phi) is 4.73. The lowest BCUT2D eigenvalue weighted by Crippen LogP contribution is -2.15. The first-order chi connectivity index (χ1) is 9.69. The van der Waals surface area contributed by atoms with Gasteiger partial charge in [-0.05, 0) is 12.5 Å². The van der Waals surface area contributed by atoms with Gasteiger partial charge in [-0.1, -0.05) is 30.3 Å². The number of carbonyl (C=O) groups excluding carboxylic acids is 1. The standard InChI is InChI=1S/C14H17N3O3/c1-11-9-17(7-8-18)16-13(11)15-14(19)20-10-12-5-3-2-4-6-12/h2-6,9,18H,7-8,10H2,1H3,(H,15,16,19). The zero-order valence-electron chi connectivity index (χ0n) is 11.2. The van der Waals surface area contributed by atoms with E-state index in [1.165, 1.54) is 0 Å². The third kappa shape index (κ3) is 3.83. The van der Waals surface area contributed by atoms with E-state index in [0.717, 1.165) is 11.1 Å². The van der Waals surface area contributed by atoms with E-state index in [-0.39, 0.29) is 13.2 Å². The lowest BCUT2D eigenvalue weighted by Gasteiger charge is -2.05. The molecule has 20 heavy (non-hydrogen) atoms. The second-order valence-electron chi connectivity index (χ2n) is 4.33. The third-order valence-corrected chi connectivity index (χ3v) is 2.71. The normalized spacial score (nSPS) is 10.3. The van der Waals surface area contributed by atoms with Gasteiger partial charge in [0.25, 0.3) is 0 Å². The van der Waals surface area contributed by atoms with E-state index in [1.807, 2.05) is 37.3 Å². The second kappa shape index (κ2) is 6.72. The van der Waals surface area contributed by atoms with Gasteiger partial charge in [0.15, 0.2) is 5.82 Å². The van der Waals surface area contributed by atoms with Crippen LogP contribution in [0.15, 0.2) is 36.5 Å². The molecule has 0 spiro atoms. The monoisotopic (exact) mass is 275 g/mol. The number of aliphatic hydroxyl groups excluding tert-OH is 1. The first-order valence-corrected chi connectivity index (χ1v) is 6.31. The highest BCUT2D eigenvalue weighted by Crippen LogP contribution is 2.12. The molecule has 1 aromatic carbocycles. The summed E-state index contributed by atoms with van der Waals surface area (Å²) in [6.07, 6.45) is 1.20. The Morgan fingerprint density at radius 1 is 1.40 bits per heavy atom. The van der Waals surface area contributed by atoms with Crippen LogP contribution in [0, 0.1) is 6.92 Å². The quantitative estimate of drug-likeness (QED) is 0.874. The summed E-state index contributed by atoms with van der Waals surface area (Å²) in [4.78, 5) is 11.7. The minimum absolute atomic E-state index is 0.000979. The molecule has 1 amide bonds. The SMILES string of the molecule is Cc1cn(CCO)nc1NC(=O)OCc1ccccc1. The van der Waals surface area contributed by atoms with Crippen LogP contribution in [0.2, 0.25) is 0 Å². The molecule has 1 heterocycles. The maximum Gasteiger partial charge on any atom is 0.413 e. The van der Waals surface area contributed by atoms with E-state index < -0.39 is 6.09 Å². The van der Waals surface area contributed by atoms with Crippen LogP contribution >= 0.6 is 0 Å². The number of aliphatic hydroxyl groups is 1. The van der Waals surface area contributed by atoms with E-state index in [2.05, 4.69) is 10.4 Å². The number of rotatable bonds is 5. The van der Waals surface area contributed by atoms with Crippen molar-refractivity contribution in [1.82, 2.24) is 9.78 Å². The molecule has 0 unspecified atom stereocenters. The average molecular weight is 275 g/mol. The largest absolute Gasteiger partial charge is 0.444 e. The lowest BCUT2D eigenvalue weighted by molar-refractivity contribution is 0.155. The molecule has 0 saturated carbocycles. The summed E-state index contributed by atoms with van der Waals surface area (Å²) in [5, 5.41) is 15.6. The van der Waals surface area contributed by atoms with Gasteiger partial charge in [-0.15, -0.1) is 0 Å². The van der Waals surface area contributed by atoms with Gasteiger partial charge >= 0.3 is 6.09 Å². The molecule has 1 aromatic heterocycles. The number of hydrogen-bond acceptors (Lipinski definition) is 4. The number of carbonyl (C=O) groups is 1. The maximum atomic E-state index is 11.7. The average Bonchev–Trinajstić information content (AvgIpc) is 2.78. The summed E-state index contributed by atoms with van der Waals surface area (Å²) in [5.74, 6) is 0.441. The van der Waals surface area contributed by atoms with Crippen molar-refractivity contribution in [3.63, 3.8) is 0 Å². The Morgan fingerprint density at radius 2 is 2.15 bits per heavy atom. The smallest absolute Gasteiger partial charge is 0.413 e. The highest BCUT2D eigenvalue weighted by molar-refractivity contribution is 5.84. The molecule has 2 rings (SSSR count). The van der Waals surface area contributed by atoms with Crippen molar-refractivity contribution in [1.29, 1.82) is 0 Å². The number of nitrogens with one attached hydrogen (secondary N) is 1. The van der Waals surface area contributed by atoms with Gasteiger partial charge in [0.2, 0.25) is 0 Å². The Hall–Kier alpha value is -2.34. The first kappa shape index (κ1) is 14.1. The Balaban J connectivity index is 1.88. The summed E-state index contributed by atoms with van der Waals surface area (Å²) in [6, 6.07) is 9.44. The summed E-state index contributed by atoms with van der Waals surface area (Å²) in [5.41, 5.74) is 1.74. The summed E-state index contributed by atoms with van der Waals surface area (Å²) >= 11 is 0. The summed E-state index contributed by atoms with van der Waals surface area (Å²) in [7, 11) is 0. The van der Waals surface area contributed by atoms with Gasteiger partial charge in [0, 0.05) is 11.8 Å². The number of benzene rings is 1. The molecule has 0 fully saturated rings. The molecule has 0 aliphatic heterocycles. The molecule has 0 aliphatic rings. The molecule has 0 aliphatic carbocycles. The molecule has 106 valence electrons. The van der Waals surface area contributed by atoms with Crippen molar-refractivity contribution in [2.45, 2.75) is 20.1 Å². The molecule has 2 aromatic rings. The van der Waals surface area contributed by atoms with E-state index in [1.54, 1.807) is 10.9 Å². The summed E-state index contributed by atoms with van der Waals surface area (Å²) < 4.78 is 6.68. The lowest BCUT2D eigenvalue weighted by atomic mass is 10.2. The van der Waals surface area contributed by atoms with Gasteiger partial charge in [-0.25, -0.2) is 4.79 Å². The van der Waals surface area contributed by atoms with Crippen molar-refractivity contribution < 1.29 is 14.6 Å². The van der Waals surface area contributed by atoms with Gasteiger partial charge in [-0.3, -0.25) is 10.00 Å². The number of amides is 1. The van der Waals surface area contributed by atoms with Crippen LogP contribution in [-0.2, 0) is 17.9 Å². The Labute approximate surface area is 117 Å². The number of aryl methyl sites for hydroxylation is 1. The van der Waals surface area contributed by atoms with Crippen LogP contribution < -0.4 is 5.32 Å². The minimum atomic E-state index is -0.550. The predicted octanol–water partition coefficient (Wildman–Crippen LogP) is 1.93. The van der Waals surface area contributed by atoms with Crippen LogP contribution in [0.25, 0.3) is 0 Å². The number of aromatic nitrogens is 2. The van der Waals surface area contributed by atoms with Crippen LogP contribution in [0.4, 0.5) is 10.6 Å². The molecule has 0 bridgehead atoms. The van der Waals surface area contributed by atoms with Crippen molar-refractivity contribution in [2.24, 2.45) is 0 Å². The van der Waals surface area contributed by atoms with Crippen LogP contribution in [0.1, 0.15) is 11.1 Å². The molecule has 6 nitrogen and oxygen atoms in total. The number of hydrogen-bond donors (Lipinski definition) is 2. The topological polar surface area (TPSA) is 76.4 Å². The third-order valence-electron chi connectivity index (χ3n) is 2.71. The minimum Gasteiger partial charge on any atom is -0.444 e. The van der Waals surface area contributed by atoms with Crippen LogP contribution in [0.5, 0.6) is 0 Å². The van der Waals surface area contributed by atoms with Crippen LogP contribution in [-0.4, -0.2) is 27.6 Å². The molecule has 0 saturated heterocycles. The fraction of sp³-hybridized carbons (Fsp3) is 0.286. The Morgan fingerprint density at radius 3 is 2.85 bits per heavy atom. The van der Waals surface area contributed by atoms with E-state index >= 15 is 0 Å². The maximum absolute atomic E-state index is 11.7. The molecular weight excluding hydrogens is 258 g/mol. The number of nitrogens with zero attached hydrogens (tertiary/aromatic N) is 2. The second-order valence-corrected chi connectivity index (χ2v) is 4.33. The highest BCUT2D eigenvalue weighted by atomic mass is 16.5. The van der Waals surface area contributed by atoms with Crippen molar-refractivity contribution in [2.75, 3.05) is 11.9 Å². The van der Waals surface area contributed by atoms with Gasteiger partial charge in [0.1, 0.15) is 6.61 Å². The Bertz CT molecular complexity index is 566. The van der Waals surface area contributed by atoms with Gasteiger partial charge < -0.3 is 9.84 Å². The molecule has 0 atom stereocenters. The first-order valence-electron chi connectivity index (χ1n) is 6.31. The molecule has 2 N–H and O–H groups in total. The van der Waals surface area contributed by atoms with Crippen molar-refractivity contribution in [3.05, 3.63) is 47.7 Å². The van der Waals surface area contributed by atoms with Crippen LogP contribution in [0.3, 0.4) is 0 Å². The van der Waals surface area contributed by atoms with E-state index in [4.69, 9.17) is 9.84 Å². The van der Waals surface area contributed by atoms with Gasteiger partial charge in [0.05, 0.1) is 13.2 Å². The fourth-order valence-corrected chi connectivity index (χ4v) is 1.72. The van der Waals surface area contributed by atoms with Gasteiger partial charge in [-0.2, -0.15) is 5.10 Å². The van der Waals surface area contributed by atoms with Crippen molar-refractivity contribution >= 4 is 11.9 Å². The summed E-state index contributed by atoms with van der Waals surface area (Å²) in [6.45, 7) is 2.43.